The zero-order chi connectivity index (χ0) is 43.9. The fourth-order valence-electron chi connectivity index (χ4n) is 7.81. The first-order valence-electron chi connectivity index (χ1n) is 20.5. The highest BCUT2D eigenvalue weighted by Gasteiger charge is 2.47. The van der Waals surface area contributed by atoms with E-state index in [4.69, 9.17) is 4.74 Å². The van der Waals surface area contributed by atoms with Crippen LogP contribution in [0.5, 0.6) is 5.75 Å². The van der Waals surface area contributed by atoms with Crippen LogP contribution in [-0.2, 0) is 19.2 Å². The summed E-state index contributed by atoms with van der Waals surface area (Å²) in [5.74, 6) is -6.88. The molecule has 0 spiro atoms. The molecule has 1 aromatic carbocycles. The first-order valence-corrected chi connectivity index (χ1v) is 20.5. The molecule has 19 nitrogen and oxygen atoms in total. The molecule has 4 heterocycles. The average Bonchev–Trinajstić information content (AvgIpc) is 3.55. The van der Waals surface area contributed by atoms with E-state index in [2.05, 4.69) is 25.0 Å². The van der Waals surface area contributed by atoms with Gasteiger partial charge in [0.2, 0.25) is 5.91 Å². The minimum atomic E-state index is -3.16. The van der Waals surface area contributed by atoms with Crippen molar-refractivity contribution >= 4 is 40.6 Å². The third-order valence-corrected chi connectivity index (χ3v) is 11.2. The van der Waals surface area contributed by atoms with Crippen LogP contribution >= 0.6 is 0 Å². The molecule has 61 heavy (non-hydrogen) atoms. The topological polar surface area (TPSA) is 227 Å². The smallest absolute Gasteiger partial charge is 0.317 e. The first-order chi connectivity index (χ1) is 29.2. The molecule has 2 amide bonds. The number of pyridine rings is 1. The van der Waals surface area contributed by atoms with Gasteiger partial charge < -0.3 is 35.2 Å². The van der Waals surface area contributed by atoms with E-state index in [1.165, 1.54) is 12.3 Å². The lowest BCUT2D eigenvalue weighted by Gasteiger charge is -2.37. The van der Waals surface area contributed by atoms with Crippen molar-refractivity contribution in [3.8, 4) is 11.8 Å². The summed E-state index contributed by atoms with van der Waals surface area (Å²) in [6.07, 6.45) is 1.48. The van der Waals surface area contributed by atoms with Gasteiger partial charge in [-0.25, -0.2) is 8.78 Å². The lowest BCUT2D eigenvalue weighted by Crippen LogP contribution is -2.51. The number of ether oxygens (including phenoxy) is 1. The summed E-state index contributed by atoms with van der Waals surface area (Å²) < 4.78 is 33.7. The molecule has 334 valence electrons. The lowest BCUT2D eigenvalue weighted by atomic mass is 10.1. The Hall–Kier alpha value is -5.11. The SMILES string of the molecule is N#C[C@@H]1CC(F)(F)CN1C(=O)CNC(=O)c1ccnc2ccc(OCCCN3CCN(CCN4CCN(CC(=O)O)CCN(CC(=O)O)CCN(CC(=O)O)CC4)CC3)cc12. The van der Waals surface area contributed by atoms with E-state index >= 15 is 0 Å². The Balaban J connectivity index is 1.06. The van der Waals surface area contributed by atoms with Crippen molar-refractivity contribution < 1.29 is 52.8 Å². The number of aromatic nitrogens is 1. The Bertz CT molecular complexity index is 1850. The predicted octanol–water partition coefficient (Wildman–Crippen LogP) is -0.414. The van der Waals surface area contributed by atoms with Gasteiger partial charge in [0.1, 0.15) is 11.8 Å². The lowest BCUT2D eigenvalue weighted by molar-refractivity contribution is -0.140. The fourth-order valence-corrected chi connectivity index (χ4v) is 7.81. The van der Waals surface area contributed by atoms with Crippen LogP contribution in [0.25, 0.3) is 10.9 Å². The fraction of sp³-hybridized carbons (Fsp3) is 0.625. The number of piperazine rings is 1. The molecule has 21 heteroatoms. The quantitative estimate of drug-likeness (QED) is 0.148. The van der Waals surface area contributed by atoms with Crippen LogP contribution in [0.3, 0.4) is 0 Å². The summed E-state index contributed by atoms with van der Waals surface area (Å²) in [5, 5.41) is 40.6. The number of halogens is 2. The highest BCUT2D eigenvalue weighted by Crippen LogP contribution is 2.31. The molecule has 1 atom stereocenters. The van der Waals surface area contributed by atoms with E-state index in [1.807, 2.05) is 9.80 Å². The number of nitrogens with one attached hydrogen (secondary N) is 1. The summed E-state index contributed by atoms with van der Waals surface area (Å²) in [6.45, 7) is 7.91. The van der Waals surface area contributed by atoms with Gasteiger partial charge in [-0.3, -0.25) is 53.5 Å². The van der Waals surface area contributed by atoms with Gasteiger partial charge in [0.15, 0.2) is 0 Å². The number of carboxylic acid groups (broad SMARTS) is 3. The van der Waals surface area contributed by atoms with Crippen LogP contribution in [0.2, 0.25) is 0 Å². The molecule has 3 fully saturated rings. The number of carbonyl (C=O) groups is 5. The summed E-state index contributed by atoms with van der Waals surface area (Å²) in [7, 11) is 0. The van der Waals surface area contributed by atoms with Gasteiger partial charge in [0.05, 0.1) is 56.5 Å². The van der Waals surface area contributed by atoms with E-state index in [-0.39, 0.29) is 25.2 Å². The standard InChI is InChI=1S/C40H56F2N10O9/c41-40(42)23-30(24-43)52(29-40)35(53)25-45-39(60)32-4-5-44-34-3-2-31(22-33(32)34)61-21-1-6-46-7-9-47(10-8-46)11-12-48-13-15-49(26-36(54)55)17-19-51(28-38(58)59)20-18-50(16-14-48)27-37(56)57/h2-5,22,30H,1,6-21,23,25-29H2,(H,45,60)(H,54,55)(H,56,57)(H,58,59)/t30-/m0/s1. The van der Waals surface area contributed by atoms with Crippen LogP contribution in [0.1, 0.15) is 23.2 Å². The van der Waals surface area contributed by atoms with Crippen molar-refractivity contribution in [3.63, 3.8) is 0 Å². The summed E-state index contributed by atoms with van der Waals surface area (Å²) >= 11 is 0. The summed E-state index contributed by atoms with van der Waals surface area (Å²) in [6, 6.07) is 7.16. The number of nitrogens with zero attached hydrogens (tertiary/aromatic N) is 9. The Morgan fingerprint density at radius 3 is 1.74 bits per heavy atom. The number of carbonyl (C=O) groups excluding carboxylic acids is 2. The number of carboxylic acids is 3. The highest BCUT2D eigenvalue weighted by molar-refractivity contribution is 6.07. The second kappa shape index (κ2) is 22.7. The maximum absolute atomic E-state index is 13.8. The van der Waals surface area contributed by atoms with Crippen LogP contribution < -0.4 is 10.1 Å². The summed E-state index contributed by atoms with van der Waals surface area (Å²) in [5.41, 5.74) is 0.765. The van der Waals surface area contributed by atoms with Crippen LogP contribution in [0.4, 0.5) is 8.78 Å². The van der Waals surface area contributed by atoms with Crippen molar-refractivity contribution in [1.82, 2.24) is 44.6 Å². The molecule has 0 radical (unpaired) electrons. The maximum Gasteiger partial charge on any atom is 0.317 e. The van der Waals surface area contributed by atoms with Gasteiger partial charge in [0.25, 0.3) is 11.8 Å². The van der Waals surface area contributed by atoms with E-state index in [0.717, 1.165) is 57.1 Å². The van der Waals surface area contributed by atoms with Crippen molar-refractivity contribution in [1.29, 1.82) is 5.26 Å². The molecule has 3 aliphatic heterocycles. The molecule has 3 saturated heterocycles. The van der Waals surface area contributed by atoms with Gasteiger partial charge >= 0.3 is 17.9 Å². The highest BCUT2D eigenvalue weighted by atomic mass is 19.3. The zero-order valence-corrected chi connectivity index (χ0v) is 34.3. The monoisotopic (exact) mass is 858 g/mol. The first kappa shape index (κ1) is 46.9. The van der Waals surface area contributed by atoms with E-state index in [1.54, 1.807) is 29.2 Å². The van der Waals surface area contributed by atoms with Gasteiger partial charge in [-0.1, -0.05) is 0 Å². The molecular formula is C40H56F2N10O9. The second-order valence-corrected chi connectivity index (χ2v) is 15.7. The predicted molar refractivity (Wildman–Crippen MR) is 216 cm³/mol. The third kappa shape index (κ3) is 15.1. The van der Waals surface area contributed by atoms with Gasteiger partial charge in [-0.2, -0.15) is 5.26 Å². The van der Waals surface area contributed by atoms with Crippen LogP contribution in [0.15, 0.2) is 30.5 Å². The average molecular weight is 859 g/mol. The van der Waals surface area contributed by atoms with Gasteiger partial charge in [0, 0.05) is 116 Å². The molecule has 2 aromatic rings. The normalized spacial score (nSPS) is 20.7. The number of fused-ring (bicyclic) bond motifs is 1. The molecule has 5 rings (SSSR count). The second-order valence-electron chi connectivity index (χ2n) is 15.7. The molecule has 0 aliphatic carbocycles. The number of hydrogen-bond donors (Lipinski definition) is 4. The Morgan fingerprint density at radius 1 is 0.754 bits per heavy atom. The Labute approximate surface area is 353 Å². The van der Waals surface area contributed by atoms with Crippen molar-refractivity contribution in [2.75, 3.05) is 138 Å². The third-order valence-electron chi connectivity index (χ3n) is 11.2. The number of aliphatic carboxylic acids is 3. The Morgan fingerprint density at radius 2 is 1.25 bits per heavy atom. The van der Waals surface area contributed by atoms with Crippen LogP contribution in [-0.4, -0.2) is 234 Å². The van der Waals surface area contributed by atoms with Crippen molar-refractivity contribution in [2.45, 2.75) is 24.8 Å². The minimum absolute atomic E-state index is 0.154. The molecule has 0 saturated carbocycles. The van der Waals surface area contributed by atoms with Gasteiger partial charge in [-0.05, 0) is 30.7 Å². The molecule has 3 aliphatic rings. The zero-order valence-electron chi connectivity index (χ0n) is 34.3. The largest absolute Gasteiger partial charge is 0.494 e. The van der Waals surface area contributed by atoms with Crippen molar-refractivity contribution in [2.24, 2.45) is 0 Å². The van der Waals surface area contributed by atoms with E-state index < -0.39 is 61.2 Å². The Kier molecular flexibility index (Phi) is 17.4. The molecule has 0 unspecified atom stereocenters. The van der Waals surface area contributed by atoms with Crippen molar-refractivity contribution in [3.05, 3.63) is 36.0 Å². The molecular weight excluding hydrogens is 802 g/mol. The number of hydrogen-bond acceptors (Lipinski definition) is 14. The number of amides is 2. The molecule has 0 bridgehead atoms. The van der Waals surface area contributed by atoms with Crippen LogP contribution in [0, 0.1) is 11.3 Å². The number of nitriles is 1. The maximum atomic E-state index is 13.8. The number of rotatable bonds is 17. The molecule has 4 N–H and O–H groups in total. The van der Waals surface area contributed by atoms with Gasteiger partial charge in [-0.15, -0.1) is 0 Å². The number of alkyl halides is 2. The number of benzene rings is 1. The number of likely N-dealkylation sites (tertiary alicyclic amines) is 1. The minimum Gasteiger partial charge on any atom is -0.494 e. The van der Waals surface area contributed by atoms with E-state index in [9.17, 15) is 53.3 Å². The summed E-state index contributed by atoms with van der Waals surface area (Å²) in [4.78, 5) is 77.9. The molecule has 1 aromatic heterocycles. The van der Waals surface area contributed by atoms with E-state index in [0.29, 0.717) is 75.6 Å².